The summed E-state index contributed by atoms with van der Waals surface area (Å²) in [5.74, 6) is -0.893. The average molecular weight is 759 g/mol. The normalized spacial score (nSPS) is 13.9. The van der Waals surface area contributed by atoms with Gasteiger partial charge in [0.15, 0.2) is 11.4 Å². The fraction of sp³-hybridized carbons (Fsp3) is 0.0690. The van der Waals surface area contributed by atoms with E-state index in [0.717, 1.165) is 46.1 Å². The molecular formula is C29H20K2N4O12S2. The number of ketones is 1. The van der Waals surface area contributed by atoms with E-state index in [4.69, 9.17) is 9.84 Å². The van der Waals surface area contributed by atoms with Crippen LogP contribution < -0.4 is 113 Å². The van der Waals surface area contributed by atoms with Gasteiger partial charge in [-0.25, -0.2) is 26.3 Å². The van der Waals surface area contributed by atoms with E-state index >= 15 is 0 Å². The molecule has 2 aromatic carbocycles. The van der Waals surface area contributed by atoms with Gasteiger partial charge in [0.1, 0.15) is 26.3 Å². The average Bonchev–Trinajstić information content (AvgIpc) is 3.52. The van der Waals surface area contributed by atoms with Crippen LogP contribution in [-0.2, 0) is 34.6 Å². The molecule has 1 aromatic heterocycles. The first-order valence-corrected chi connectivity index (χ1v) is 15.8. The molecule has 4 rings (SSSR count). The summed E-state index contributed by atoms with van der Waals surface area (Å²) in [5, 5.41) is 16.1. The Morgan fingerprint density at radius 1 is 0.918 bits per heavy atom. The van der Waals surface area contributed by atoms with Gasteiger partial charge in [0.05, 0.1) is 38.9 Å². The Hall–Kier alpha value is -2.60. The maximum atomic E-state index is 13.2. The predicted octanol–water partition coefficient (Wildman–Crippen LogP) is -5.04. The maximum absolute atomic E-state index is 13.2. The molecule has 0 aliphatic carbocycles. The number of aliphatic hydroxyl groups excluding tert-OH is 1. The van der Waals surface area contributed by atoms with Crippen molar-refractivity contribution in [3.63, 3.8) is 0 Å². The fourth-order valence-electron chi connectivity index (χ4n) is 4.05. The molecule has 0 saturated carbocycles. The number of aliphatic hydroxyl groups is 1. The van der Waals surface area contributed by atoms with Crippen LogP contribution in [0.2, 0.25) is 0 Å². The van der Waals surface area contributed by atoms with Crippen LogP contribution in [0.1, 0.15) is 23.0 Å². The number of carbonyl (C=O) groups excluding carboxylic acids is 3. The number of esters is 1. The number of aromatic nitrogens is 2. The van der Waals surface area contributed by atoms with E-state index in [1.54, 1.807) is 6.92 Å². The van der Waals surface area contributed by atoms with Crippen molar-refractivity contribution in [2.24, 2.45) is 5.10 Å². The summed E-state index contributed by atoms with van der Waals surface area (Å²) in [7, 11) is -9.51. The van der Waals surface area contributed by atoms with Gasteiger partial charge in [0, 0.05) is 5.92 Å². The van der Waals surface area contributed by atoms with Crippen LogP contribution in [0, 0.1) is 12.0 Å². The molecule has 0 radical (unpaired) electrons. The summed E-state index contributed by atoms with van der Waals surface area (Å²) < 4.78 is 73.3. The molecule has 0 atom stereocenters. The van der Waals surface area contributed by atoms with Gasteiger partial charge in [-0.3, -0.25) is 19.5 Å². The van der Waals surface area contributed by atoms with Gasteiger partial charge >= 0.3 is 109 Å². The topological polar surface area (TPSA) is 248 Å². The molecule has 16 nitrogen and oxygen atoms in total. The number of nitrogens with one attached hydrogen (secondary N) is 1. The minimum absolute atomic E-state index is 0. The van der Waals surface area contributed by atoms with Crippen LogP contribution in [0.25, 0.3) is 11.8 Å². The molecule has 1 aliphatic heterocycles. The number of Topliss-reactive ketones (excluding diaryl/α,β-unsaturated/α-hetero) is 1. The molecule has 49 heavy (non-hydrogen) atoms. The van der Waals surface area contributed by atoms with Crippen molar-refractivity contribution in [2.75, 3.05) is 11.6 Å². The Morgan fingerprint density at radius 2 is 1.47 bits per heavy atom. The fourth-order valence-corrected chi connectivity index (χ4v) is 4.99. The standard InChI is InChI=1S/C29H22N4O12S2.2K/c1-2-45-29(38)26-23(28(37)33(31-26)19-10-14-21(15-11-19)47(42,43)44)7-5-3-4-6-22-25(24(35)16-17-34)30-32(27(22)36)18-8-12-20(13-9-18)46(39,40)41;;/h3-15,31,34H,2H2,1H3,(H,39,40,41)(H,42,43,44);;/q;2*+1/p-2. The SMILES string of the molecule is CCOC(=O)c1[nH]n(-c2ccc(S(=O)(=O)[O-])cc2)c(=O)c1C=CC=CC=C1C(=O)N(c2ccc(S(=O)(=O)[O-])cc2)N=C1C(=O)C#CO.[K+].[K+]. The van der Waals surface area contributed by atoms with Crippen LogP contribution in [0.5, 0.6) is 0 Å². The Morgan fingerprint density at radius 3 is 1.98 bits per heavy atom. The Labute approximate surface area is 363 Å². The van der Waals surface area contributed by atoms with Gasteiger partial charge in [-0.2, -0.15) is 10.1 Å². The third-order valence-electron chi connectivity index (χ3n) is 6.17. The number of amides is 1. The number of ether oxygens (including phenoxy) is 1. The van der Waals surface area contributed by atoms with E-state index in [2.05, 4.69) is 10.2 Å². The molecule has 1 amide bonds. The molecule has 242 valence electrons. The minimum Gasteiger partial charge on any atom is -0.744 e. The van der Waals surface area contributed by atoms with E-state index in [9.17, 15) is 45.1 Å². The van der Waals surface area contributed by atoms with Crippen molar-refractivity contribution in [1.82, 2.24) is 9.78 Å². The molecule has 0 fully saturated rings. The molecular weight excluding hydrogens is 739 g/mol. The van der Waals surface area contributed by atoms with E-state index in [1.807, 2.05) is 5.92 Å². The minimum atomic E-state index is -4.76. The maximum Gasteiger partial charge on any atom is 1.00 e. The second-order valence-corrected chi connectivity index (χ2v) is 11.9. The number of anilines is 1. The third kappa shape index (κ3) is 10.2. The number of hydrogen-bond acceptors (Lipinski definition) is 13. The van der Waals surface area contributed by atoms with Crippen molar-refractivity contribution in [2.45, 2.75) is 16.7 Å². The van der Waals surface area contributed by atoms with E-state index in [-0.39, 0.29) is 138 Å². The quantitative estimate of drug-likeness (QED) is 0.0493. The summed E-state index contributed by atoms with van der Waals surface area (Å²) >= 11 is 0. The first-order valence-electron chi connectivity index (χ1n) is 13.0. The second kappa shape index (κ2) is 18.1. The number of nitrogens with zero attached hydrogens (tertiary/aromatic N) is 3. The molecule has 2 heterocycles. The van der Waals surface area contributed by atoms with Crippen molar-refractivity contribution < 1.29 is 153 Å². The van der Waals surface area contributed by atoms with Gasteiger partial charge in [-0.15, -0.1) is 0 Å². The summed E-state index contributed by atoms with van der Waals surface area (Å²) in [6.45, 7) is 1.53. The first-order chi connectivity index (χ1) is 22.2. The monoisotopic (exact) mass is 758 g/mol. The predicted molar refractivity (Wildman–Crippen MR) is 161 cm³/mol. The van der Waals surface area contributed by atoms with Crippen LogP contribution in [0.3, 0.4) is 0 Å². The number of rotatable bonds is 10. The zero-order chi connectivity index (χ0) is 34.5. The molecule has 0 bridgehead atoms. The van der Waals surface area contributed by atoms with E-state index in [0.29, 0.717) is 0 Å². The number of carbonyl (C=O) groups is 3. The second-order valence-electron chi connectivity index (χ2n) is 9.11. The smallest absolute Gasteiger partial charge is 0.744 e. The van der Waals surface area contributed by atoms with Crippen molar-refractivity contribution in [3.05, 3.63) is 100 Å². The van der Waals surface area contributed by atoms with Gasteiger partial charge in [-0.05, 0) is 67.6 Å². The number of benzene rings is 2. The summed E-state index contributed by atoms with van der Waals surface area (Å²) in [4.78, 5) is 50.2. The summed E-state index contributed by atoms with van der Waals surface area (Å²) in [6.07, 6.45) is 7.76. The Bertz CT molecular complexity index is 2240. The van der Waals surface area contributed by atoms with Gasteiger partial charge < -0.3 is 18.9 Å². The largest absolute Gasteiger partial charge is 1.00 e. The number of allylic oxidation sites excluding steroid dienone is 4. The van der Waals surface area contributed by atoms with Gasteiger partial charge in [0.25, 0.3) is 17.2 Å². The third-order valence-corrected chi connectivity index (χ3v) is 7.87. The molecule has 0 unspecified atom stereocenters. The van der Waals surface area contributed by atoms with Crippen LogP contribution in [0.4, 0.5) is 5.69 Å². The van der Waals surface area contributed by atoms with E-state index in [1.165, 1.54) is 48.6 Å². The van der Waals surface area contributed by atoms with Crippen molar-refractivity contribution >= 4 is 55.4 Å². The van der Waals surface area contributed by atoms with E-state index < -0.39 is 59.0 Å². The molecule has 2 N–H and O–H groups in total. The Balaban J connectivity index is 0.00000417. The summed E-state index contributed by atoms with van der Waals surface area (Å²) in [6, 6.07) is 8.50. The Kier molecular flexibility index (Phi) is 15.7. The summed E-state index contributed by atoms with van der Waals surface area (Å²) in [5.41, 5.74) is -1.78. The first kappa shape index (κ1) is 42.6. The molecule has 20 heteroatoms. The number of hydrazone groups is 1. The number of hydrogen-bond donors (Lipinski definition) is 2. The van der Waals surface area contributed by atoms with Gasteiger partial charge in [0.2, 0.25) is 0 Å². The molecule has 1 aliphatic rings. The van der Waals surface area contributed by atoms with Crippen LogP contribution in [0.15, 0.2) is 98.1 Å². The zero-order valence-electron chi connectivity index (χ0n) is 25.8. The number of aromatic amines is 1. The van der Waals surface area contributed by atoms with Crippen molar-refractivity contribution in [1.29, 1.82) is 0 Å². The van der Waals surface area contributed by atoms with Gasteiger partial charge in [-0.1, -0.05) is 18.2 Å². The van der Waals surface area contributed by atoms with Crippen LogP contribution in [-0.4, -0.2) is 70.8 Å². The van der Waals surface area contributed by atoms with Crippen LogP contribution >= 0.6 is 0 Å². The van der Waals surface area contributed by atoms with Crippen molar-refractivity contribution in [3.8, 4) is 17.7 Å². The zero-order valence-corrected chi connectivity index (χ0v) is 33.7. The molecule has 0 spiro atoms. The number of H-pyrrole nitrogens is 1. The molecule has 3 aromatic rings. The molecule has 0 saturated heterocycles.